The number of carbonyl (C=O) groups is 2. The fourth-order valence-electron chi connectivity index (χ4n) is 4.37. The molecule has 39 heavy (non-hydrogen) atoms. The van der Waals surface area contributed by atoms with Crippen molar-refractivity contribution in [3.63, 3.8) is 0 Å². The first-order chi connectivity index (χ1) is 18.9. The zero-order chi connectivity index (χ0) is 27.6. The minimum Gasteiger partial charge on any atom is -0.491 e. The third-order valence-electron chi connectivity index (χ3n) is 6.39. The first-order valence-corrected chi connectivity index (χ1v) is 13.0. The van der Waals surface area contributed by atoms with Crippen molar-refractivity contribution in [1.82, 2.24) is 20.6 Å². The lowest BCUT2D eigenvalue weighted by Crippen LogP contribution is -2.51. The highest BCUT2D eigenvalue weighted by atomic mass is 16.5. The SMILES string of the molecule is COCCOc1ccc(Nc2nc(N3CCCC(NC(=O)N[C@@H](C)c4ccccc4)C3)cnc2C(N)=O)cc1. The maximum absolute atomic E-state index is 12.7. The van der Waals surface area contributed by atoms with Crippen molar-refractivity contribution in [1.29, 1.82) is 0 Å². The van der Waals surface area contributed by atoms with Gasteiger partial charge in [0.25, 0.3) is 5.91 Å². The lowest BCUT2D eigenvalue weighted by molar-refractivity contribution is 0.0996. The third-order valence-corrected chi connectivity index (χ3v) is 6.39. The van der Waals surface area contributed by atoms with E-state index in [2.05, 4.69) is 25.9 Å². The van der Waals surface area contributed by atoms with Crippen molar-refractivity contribution >= 4 is 29.3 Å². The van der Waals surface area contributed by atoms with Gasteiger partial charge in [-0.2, -0.15) is 0 Å². The predicted octanol–water partition coefficient (Wildman–Crippen LogP) is 3.37. The van der Waals surface area contributed by atoms with Crippen molar-refractivity contribution in [2.24, 2.45) is 5.73 Å². The highest BCUT2D eigenvalue weighted by molar-refractivity contribution is 5.96. The van der Waals surface area contributed by atoms with E-state index in [1.54, 1.807) is 7.11 Å². The molecule has 0 bridgehead atoms. The van der Waals surface area contributed by atoms with Gasteiger partial charge in [-0.05, 0) is 49.6 Å². The Balaban J connectivity index is 1.40. The van der Waals surface area contributed by atoms with Gasteiger partial charge in [0.1, 0.15) is 18.2 Å². The maximum Gasteiger partial charge on any atom is 0.315 e. The molecule has 5 N–H and O–H groups in total. The molecule has 3 aromatic rings. The second-order valence-electron chi connectivity index (χ2n) is 9.32. The standard InChI is InChI=1S/C28H35N7O4/c1-19(20-7-4-3-5-8-20)31-28(37)33-22-9-6-14-35(18-22)24-17-30-25(26(29)36)27(34-24)32-21-10-12-23(13-11-21)39-16-15-38-2/h3-5,7-8,10-13,17,19,22H,6,9,14-16,18H2,1-2H3,(H2,29,36)(H,32,34)(H2,31,33,37)/t19-,22?/m0/s1. The van der Waals surface area contributed by atoms with Crippen molar-refractivity contribution in [2.45, 2.75) is 31.8 Å². The molecule has 0 radical (unpaired) electrons. The van der Waals surface area contributed by atoms with Gasteiger partial charge in [-0.25, -0.2) is 14.8 Å². The number of hydrogen-bond acceptors (Lipinski definition) is 8. The number of benzene rings is 2. The lowest BCUT2D eigenvalue weighted by Gasteiger charge is -2.34. The van der Waals surface area contributed by atoms with Crippen LogP contribution in [-0.2, 0) is 4.74 Å². The third kappa shape index (κ3) is 7.81. The highest BCUT2D eigenvalue weighted by Crippen LogP contribution is 2.25. The van der Waals surface area contributed by atoms with Crippen molar-refractivity contribution in [3.8, 4) is 5.75 Å². The highest BCUT2D eigenvalue weighted by Gasteiger charge is 2.24. The molecule has 4 rings (SSSR count). The zero-order valence-electron chi connectivity index (χ0n) is 22.2. The first-order valence-electron chi connectivity index (χ1n) is 13.0. The van der Waals surface area contributed by atoms with Gasteiger partial charge < -0.3 is 36.1 Å². The Labute approximate surface area is 228 Å². The normalized spacial score (nSPS) is 15.7. The summed E-state index contributed by atoms with van der Waals surface area (Å²) in [5.41, 5.74) is 7.35. The average molecular weight is 534 g/mol. The van der Waals surface area contributed by atoms with Crippen LogP contribution in [0, 0.1) is 0 Å². The number of nitrogens with zero attached hydrogens (tertiary/aromatic N) is 3. The van der Waals surface area contributed by atoms with Crippen LogP contribution < -0.4 is 31.3 Å². The summed E-state index contributed by atoms with van der Waals surface area (Å²) in [6.07, 6.45) is 3.25. The Morgan fingerprint density at radius 3 is 2.62 bits per heavy atom. The zero-order valence-corrected chi connectivity index (χ0v) is 22.2. The molecular formula is C28H35N7O4. The summed E-state index contributed by atoms with van der Waals surface area (Å²) in [6, 6.07) is 16.7. The monoisotopic (exact) mass is 533 g/mol. The number of anilines is 3. The summed E-state index contributed by atoms with van der Waals surface area (Å²) >= 11 is 0. The predicted molar refractivity (Wildman–Crippen MR) is 149 cm³/mol. The number of carbonyl (C=O) groups excluding carboxylic acids is 2. The van der Waals surface area contributed by atoms with E-state index in [0.717, 1.165) is 24.9 Å². The molecule has 11 heteroatoms. The Morgan fingerprint density at radius 1 is 1.13 bits per heavy atom. The van der Waals surface area contributed by atoms with Gasteiger partial charge in [0.15, 0.2) is 11.5 Å². The van der Waals surface area contributed by atoms with Crippen molar-refractivity contribution in [2.75, 3.05) is 43.6 Å². The van der Waals surface area contributed by atoms with E-state index in [0.29, 0.717) is 37.0 Å². The molecule has 2 atom stereocenters. The van der Waals surface area contributed by atoms with Crippen molar-refractivity contribution < 1.29 is 19.1 Å². The van der Waals surface area contributed by atoms with E-state index in [1.165, 1.54) is 6.20 Å². The number of rotatable bonds is 11. The molecule has 206 valence electrons. The van der Waals surface area contributed by atoms with Gasteiger partial charge in [0, 0.05) is 31.9 Å². The quantitative estimate of drug-likeness (QED) is 0.275. The van der Waals surface area contributed by atoms with Crippen LogP contribution in [0.2, 0.25) is 0 Å². The smallest absolute Gasteiger partial charge is 0.315 e. The summed E-state index contributed by atoms with van der Waals surface area (Å²) < 4.78 is 10.6. The molecule has 1 aromatic heterocycles. The number of methoxy groups -OCH3 is 1. The van der Waals surface area contributed by atoms with Crippen LogP contribution in [-0.4, -0.2) is 61.4 Å². The molecule has 2 aromatic carbocycles. The van der Waals surface area contributed by atoms with E-state index >= 15 is 0 Å². The van der Waals surface area contributed by atoms with Crippen LogP contribution in [0.3, 0.4) is 0 Å². The summed E-state index contributed by atoms with van der Waals surface area (Å²) in [5.74, 6) is 0.865. The van der Waals surface area contributed by atoms with Crippen LogP contribution in [0.1, 0.15) is 41.9 Å². The second kappa shape index (κ2) is 13.4. The number of amides is 3. The largest absolute Gasteiger partial charge is 0.491 e. The number of aromatic nitrogens is 2. The maximum atomic E-state index is 12.7. The number of piperidine rings is 1. The minimum absolute atomic E-state index is 0.0418. The van der Waals surface area contributed by atoms with Crippen LogP contribution in [0.5, 0.6) is 5.75 Å². The van der Waals surface area contributed by atoms with Crippen LogP contribution >= 0.6 is 0 Å². The van der Waals surface area contributed by atoms with E-state index in [4.69, 9.17) is 15.2 Å². The molecule has 1 fully saturated rings. The Kier molecular flexibility index (Phi) is 9.52. The summed E-state index contributed by atoms with van der Waals surface area (Å²) in [7, 11) is 1.62. The number of urea groups is 1. The first kappa shape index (κ1) is 27.6. The van der Waals surface area contributed by atoms with Gasteiger partial charge >= 0.3 is 6.03 Å². The molecule has 2 heterocycles. The van der Waals surface area contributed by atoms with Gasteiger partial charge in [-0.3, -0.25) is 4.79 Å². The molecule has 3 amide bonds. The van der Waals surface area contributed by atoms with Crippen LogP contribution in [0.4, 0.5) is 22.1 Å². The molecule has 11 nitrogen and oxygen atoms in total. The average Bonchev–Trinajstić information content (AvgIpc) is 2.94. The van der Waals surface area contributed by atoms with Gasteiger partial charge in [0.05, 0.1) is 18.8 Å². The molecule has 1 aliphatic rings. The second-order valence-corrected chi connectivity index (χ2v) is 9.32. The van der Waals surface area contributed by atoms with Crippen molar-refractivity contribution in [3.05, 3.63) is 72.1 Å². The van der Waals surface area contributed by atoms with Crippen LogP contribution in [0.25, 0.3) is 0 Å². The molecule has 1 saturated heterocycles. The van der Waals surface area contributed by atoms with E-state index in [9.17, 15) is 9.59 Å². The van der Waals surface area contributed by atoms with Gasteiger partial charge in [-0.1, -0.05) is 30.3 Å². The van der Waals surface area contributed by atoms with E-state index in [-0.39, 0.29) is 29.6 Å². The molecule has 1 aliphatic heterocycles. The summed E-state index contributed by atoms with van der Waals surface area (Å²) in [5, 5.41) is 9.22. The number of primary amides is 1. The number of nitrogens with two attached hydrogens (primary N) is 1. The molecule has 1 unspecified atom stereocenters. The topological polar surface area (TPSA) is 144 Å². The van der Waals surface area contributed by atoms with Gasteiger partial charge in [-0.15, -0.1) is 0 Å². The number of ether oxygens (including phenoxy) is 2. The molecular weight excluding hydrogens is 498 g/mol. The van der Waals surface area contributed by atoms with E-state index < -0.39 is 5.91 Å². The molecule has 0 spiro atoms. The number of hydrogen-bond donors (Lipinski definition) is 4. The van der Waals surface area contributed by atoms with Crippen LogP contribution in [0.15, 0.2) is 60.8 Å². The molecule has 0 aliphatic carbocycles. The van der Waals surface area contributed by atoms with Gasteiger partial charge in [0.2, 0.25) is 0 Å². The Morgan fingerprint density at radius 2 is 1.90 bits per heavy atom. The Bertz CT molecular complexity index is 1240. The fraction of sp³-hybridized carbons (Fsp3) is 0.357. The number of nitrogens with one attached hydrogen (secondary N) is 3. The lowest BCUT2D eigenvalue weighted by atomic mass is 10.1. The Hall–Kier alpha value is -4.38. The molecule has 0 saturated carbocycles. The minimum atomic E-state index is -0.682. The summed E-state index contributed by atoms with van der Waals surface area (Å²) in [4.78, 5) is 35.7. The summed E-state index contributed by atoms with van der Waals surface area (Å²) in [6.45, 7) is 4.20. The van der Waals surface area contributed by atoms with E-state index in [1.807, 2.05) is 66.4 Å². The fourth-order valence-corrected chi connectivity index (χ4v) is 4.37.